The molecular formula is C19H23N4O7S3+. The number of benzene rings is 1. The first-order chi connectivity index (χ1) is 14.8. The van der Waals surface area contributed by atoms with Gasteiger partial charge in [0.1, 0.15) is 0 Å². The Labute approximate surface area is 195 Å². The van der Waals surface area contributed by atoms with Crippen LogP contribution in [0.2, 0.25) is 0 Å². The number of aromatic nitrogens is 2. The summed E-state index contributed by atoms with van der Waals surface area (Å²) in [6, 6.07) is 12.5. The molecule has 0 aliphatic heterocycles. The number of hydrogen-bond donors (Lipinski definition) is 2. The van der Waals surface area contributed by atoms with Gasteiger partial charge < -0.3 is 5.48 Å². The Kier molecular flexibility index (Phi) is 7.86. The molecule has 2 heterocycles. The molecule has 0 aliphatic carbocycles. The number of sulfonamides is 1. The smallest absolute Gasteiger partial charge is 0.325 e. The number of amides is 1. The molecule has 0 radical (unpaired) electrons. The number of hydrogen-bond acceptors (Lipinski definition) is 8. The second-order valence-corrected chi connectivity index (χ2v) is 11.5. The van der Waals surface area contributed by atoms with Crippen LogP contribution in [0, 0.1) is 6.92 Å². The fourth-order valence-corrected chi connectivity index (χ4v) is 6.14. The normalized spacial score (nSPS) is 13.7. The minimum Gasteiger partial charge on any atom is -0.412 e. The van der Waals surface area contributed by atoms with Crippen molar-refractivity contribution in [1.29, 1.82) is 0 Å². The lowest BCUT2D eigenvalue weighted by Crippen LogP contribution is -2.54. The van der Waals surface area contributed by atoms with Crippen LogP contribution in [-0.2, 0) is 31.4 Å². The van der Waals surface area contributed by atoms with Gasteiger partial charge >= 0.3 is 16.0 Å². The maximum atomic E-state index is 13.2. The van der Waals surface area contributed by atoms with Crippen molar-refractivity contribution in [2.45, 2.75) is 17.6 Å². The fourth-order valence-electron chi connectivity index (χ4n) is 3.08. The van der Waals surface area contributed by atoms with Gasteiger partial charge in [0.15, 0.2) is 4.21 Å². The highest BCUT2D eigenvalue weighted by Crippen LogP contribution is 2.33. The number of likely N-dealkylation sites (N-methyl/N-ethyl adjacent to an activating group) is 1. The molecule has 0 spiro atoms. The van der Waals surface area contributed by atoms with E-state index in [0.29, 0.717) is 16.9 Å². The third-order valence-electron chi connectivity index (χ3n) is 4.67. The predicted molar refractivity (Wildman–Crippen MR) is 124 cm³/mol. The molecule has 1 amide bonds. The Morgan fingerprint density at radius 1 is 1.12 bits per heavy atom. The quantitative estimate of drug-likeness (QED) is 0.342. The lowest BCUT2D eigenvalue weighted by atomic mass is 10.1. The van der Waals surface area contributed by atoms with Crippen molar-refractivity contribution in [3.05, 3.63) is 59.9 Å². The van der Waals surface area contributed by atoms with Crippen LogP contribution in [0.5, 0.6) is 0 Å². The minimum atomic E-state index is -4.62. The van der Waals surface area contributed by atoms with E-state index in [0.717, 1.165) is 11.3 Å². The zero-order chi connectivity index (χ0) is 23.7. The molecule has 178 valence electrons. The van der Waals surface area contributed by atoms with E-state index in [-0.39, 0.29) is 26.9 Å². The third-order valence-corrected chi connectivity index (χ3v) is 8.42. The number of carbonyl (C=O) groups excluding carboxylic acids is 1. The molecule has 3 rings (SSSR count). The maximum absolute atomic E-state index is 13.2. The number of carbonyl (C=O) groups is 1. The molecule has 5 N–H and O–H groups in total. The van der Waals surface area contributed by atoms with E-state index in [1.54, 1.807) is 36.5 Å². The molecule has 3 aromatic rings. The van der Waals surface area contributed by atoms with Crippen LogP contribution in [0.15, 0.2) is 52.9 Å². The summed E-state index contributed by atoms with van der Waals surface area (Å²) in [4.78, 5) is 21.5. The monoisotopic (exact) mass is 515 g/mol. The largest absolute Gasteiger partial charge is 0.412 e. The summed E-state index contributed by atoms with van der Waals surface area (Å²) in [6.07, 6.45) is 1.48. The lowest BCUT2D eigenvalue weighted by Gasteiger charge is -2.26. The zero-order valence-corrected chi connectivity index (χ0v) is 20.1. The van der Waals surface area contributed by atoms with Crippen molar-refractivity contribution < 1.29 is 31.7 Å². The summed E-state index contributed by atoms with van der Waals surface area (Å²) in [6.45, 7) is 1.39. The Bertz CT molecular complexity index is 1360. The van der Waals surface area contributed by atoms with Gasteiger partial charge in [0.05, 0.1) is 24.9 Å². The van der Waals surface area contributed by atoms with Crippen molar-refractivity contribution in [1.82, 2.24) is 14.5 Å². The van der Waals surface area contributed by atoms with Gasteiger partial charge in [0.25, 0.3) is 5.13 Å². The molecule has 1 atom stereocenters. The van der Waals surface area contributed by atoms with Crippen LogP contribution >= 0.6 is 11.3 Å². The van der Waals surface area contributed by atoms with E-state index in [1.807, 2.05) is 12.1 Å². The Morgan fingerprint density at radius 2 is 1.76 bits per heavy atom. The minimum absolute atomic E-state index is 0. The lowest BCUT2D eigenvalue weighted by molar-refractivity contribution is -0.127. The number of thiazole rings is 1. The highest BCUT2D eigenvalue weighted by molar-refractivity contribution is 7.91. The topological polar surface area (TPSA) is 189 Å². The van der Waals surface area contributed by atoms with Gasteiger partial charge in [-0.2, -0.15) is 17.9 Å². The number of pyridine rings is 1. The van der Waals surface area contributed by atoms with Crippen LogP contribution < -0.4 is 9.62 Å². The number of nitrogens with zero attached hydrogens (tertiary/aromatic N) is 3. The molecule has 1 unspecified atom stereocenters. The van der Waals surface area contributed by atoms with Gasteiger partial charge in [0.2, 0.25) is 15.9 Å². The van der Waals surface area contributed by atoms with E-state index in [1.165, 1.54) is 14.0 Å². The highest BCUT2D eigenvalue weighted by atomic mass is 32.2. The summed E-state index contributed by atoms with van der Waals surface area (Å²) in [7, 11) is -7.48. The van der Waals surface area contributed by atoms with Crippen LogP contribution in [0.1, 0.15) is 11.3 Å². The maximum Gasteiger partial charge on any atom is 0.325 e. The standard InChI is InChI=1S/C19H20N4O6S3.H2O/c1-13-18(32(20,28)29)30-19(22-13)23(2,12-31(25,26)27)17(24)11-14-6-8-15(9-7-14)16-5-3-4-10-21-16;/h3-10H,11-12H2,1-2H3,(H2-,20,25,26,27,28,29);1H2/p+1. The van der Waals surface area contributed by atoms with Crippen molar-refractivity contribution in [3.63, 3.8) is 0 Å². The van der Waals surface area contributed by atoms with Gasteiger partial charge in [-0.1, -0.05) is 30.3 Å². The molecule has 2 aromatic heterocycles. The van der Waals surface area contributed by atoms with Crippen molar-refractivity contribution in [3.8, 4) is 11.3 Å². The highest BCUT2D eigenvalue weighted by Gasteiger charge is 2.42. The molecule has 14 heteroatoms. The summed E-state index contributed by atoms with van der Waals surface area (Å²) in [5.74, 6) is -1.61. The first-order valence-electron chi connectivity index (χ1n) is 9.15. The molecule has 0 bridgehead atoms. The van der Waals surface area contributed by atoms with E-state index in [2.05, 4.69) is 9.97 Å². The van der Waals surface area contributed by atoms with Crippen molar-refractivity contribution >= 4 is 42.5 Å². The van der Waals surface area contributed by atoms with E-state index in [4.69, 9.17) is 5.14 Å². The molecule has 11 nitrogen and oxygen atoms in total. The van der Waals surface area contributed by atoms with Gasteiger partial charge in [-0.3, -0.25) is 9.54 Å². The second kappa shape index (κ2) is 9.72. The summed E-state index contributed by atoms with van der Waals surface area (Å²) in [5, 5.41) is 5.07. The van der Waals surface area contributed by atoms with Gasteiger partial charge in [-0.25, -0.2) is 18.4 Å². The Balaban J connectivity index is 0.00000385. The molecular weight excluding hydrogens is 492 g/mol. The molecule has 0 saturated heterocycles. The van der Waals surface area contributed by atoms with Gasteiger partial charge in [-0.05, 0) is 36.0 Å². The summed E-state index contributed by atoms with van der Waals surface area (Å²) >= 11 is 0.596. The first kappa shape index (κ1) is 26.7. The number of nitrogens with two attached hydrogens (primary N) is 1. The van der Waals surface area contributed by atoms with Crippen molar-refractivity contribution in [2.75, 3.05) is 12.9 Å². The number of quaternary nitrogens is 1. The first-order valence-corrected chi connectivity index (χ1v) is 13.1. The van der Waals surface area contributed by atoms with E-state index >= 15 is 0 Å². The van der Waals surface area contributed by atoms with Crippen molar-refractivity contribution in [2.24, 2.45) is 5.14 Å². The van der Waals surface area contributed by atoms with Gasteiger partial charge in [-0.15, -0.1) is 0 Å². The van der Waals surface area contributed by atoms with Crippen LogP contribution in [0.4, 0.5) is 5.13 Å². The Hall–Kier alpha value is -2.59. The number of primary sulfonamides is 1. The van der Waals surface area contributed by atoms with Gasteiger partial charge in [0, 0.05) is 11.8 Å². The molecule has 0 saturated carbocycles. The predicted octanol–water partition coefficient (Wildman–Crippen LogP) is 0.888. The average molecular weight is 516 g/mol. The number of rotatable bonds is 7. The summed E-state index contributed by atoms with van der Waals surface area (Å²) < 4.78 is 55.1. The molecule has 0 fully saturated rings. The summed E-state index contributed by atoms with van der Waals surface area (Å²) in [5.41, 5.74) is 2.23. The van der Waals surface area contributed by atoms with Crippen LogP contribution in [0.25, 0.3) is 11.3 Å². The molecule has 33 heavy (non-hydrogen) atoms. The number of aryl methyl sites for hydroxylation is 1. The SMILES string of the molecule is Cc1nc([N+](C)(CS(=O)(=O)O)C(=O)Cc2ccc(-c3ccccn3)cc2)sc1S(N)(=O)=O.O. The van der Waals surface area contributed by atoms with E-state index in [9.17, 15) is 26.2 Å². The van der Waals surface area contributed by atoms with E-state index < -0.39 is 36.4 Å². The van der Waals surface area contributed by atoms with Crippen LogP contribution in [-0.4, -0.2) is 55.7 Å². The Morgan fingerprint density at radius 3 is 2.24 bits per heavy atom. The fraction of sp³-hybridized carbons (Fsp3) is 0.211. The zero-order valence-electron chi connectivity index (χ0n) is 17.7. The van der Waals surface area contributed by atoms with Crippen LogP contribution in [0.3, 0.4) is 0 Å². The molecule has 0 aliphatic rings. The second-order valence-electron chi connectivity index (χ2n) is 7.30. The molecule has 1 aromatic carbocycles. The average Bonchev–Trinajstić information content (AvgIpc) is 3.11. The third kappa shape index (κ3) is 6.26.